The number of rotatable bonds is 7. The number of amides is 1. The summed E-state index contributed by atoms with van der Waals surface area (Å²) < 4.78 is 34.5. The van der Waals surface area contributed by atoms with E-state index in [1.165, 1.54) is 0 Å². The van der Waals surface area contributed by atoms with Gasteiger partial charge in [-0.05, 0) is 85.7 Å². The maximum Gasteiger partial charge on any atom is 0.241 e. The molecule has 0 aromatic heterocycles. The Morgan fingerprint density at radius 2 is 1.74 bits per heavy atom. The van der Waals surface area contributed by atoms with Gasteiger partial charge >= 0.3 is 0 Å². The number of nitrogens with one attached hydrogen (secondary N) is 1. The van der Waals surface area contributed by atoms with Crippen LogP contribution in [-0.2, 0) is 14.8 Å². The number of sulfonamides is 1. The Hall–Kier alpha value is -2.38. The molecule has 0 aliphatic carbocycles. The minimum atomic E-state index is -3.73. The van der Waals surface area contributed by atoms with E-state index in [4.69, 9.17) is 4.74 Å². The molecular weight excluding hydrogens is 412 g/mol. The summed E-state index contributed by atoms with van der Waals surface area (Å²) in [5.41, 5.74) is 4.49. The SMILES string of the molecule is COc1cc(C)c([C@H](C)NS(=O)(=O)c2ccc(N3CCCC3=O)c(C)c2)cc1C(C)C. The molecule has 0 bridgehead atoms. The summed E-state index contributed by atoms with van der Waals surface area (Å²) in [6, 6.07) is 8.52. The molecule has 0 radical (unpaired) electrons. The number of anilines is 1. The first-order chi connectivity index (χ1) is 14.5. The number of benzene rings is 2. The van der Waals surface area contributed by atoms with Crippen molar-refractivity contribution >= 4 is 21.6 Å². The normalized spacial score (nSPS) is 15.6. The molecule has 7 heteroatoms. The van der Waals surface area contributed by atoms with Crippen molar-refractivity contribution in [3.8, 4) is 5.75 Å². The van der Waals surface area contributed by atoms with Gasteiger partial charge in [-0.15, -0.1) is 0 Å². The highest BCUT2D eigenvalue weighted by atomic mass is 32.2. The Labute approximate surface area is 185 Å². The van der Waals surface area contributed by atoms with Gasteiger partial charge in [0.15, 0.2) is 0 Å². The molecule has 6 nitrogen and oxygen atoms in total. The lowest BCUT2D eigenvalue weighted by atomic mass is 9.94. The smallest absolute Gasteiger partial charge is 0.241 e. The second-order valence-corrected chi connectivity index (χ2v) is 10.3. The Morgan fingerprint density at radius 3 is 2.29 bits per heavy atom. The van der Waals surface area contributed by atoms with Gasteiger partial charge in [-0.2, -0.15) is 0 Å². The summed E-state index contributed by atoms with van der Waals surface area (Å²) in [4.78, 5) is 14.0. The highest BCUT2D eigenvalue weighted by Crippen LogP contribution is 2.33. The highest BCUT2D eigenvalue weighted by Gasteiger charge is 2.25. The molecule has 1 aliphatic rings. The molecule has 0 saturated carbocycles. The maximum absolute atomic E-state index is 13.1. The Kier molecular flexibility index (Phi) is 6.76. The van der Waals surface area contributed by atoms with E-state index in [1.54, 1.807) is 30.2 Å². The Morgan fingerprint density at radius 1 is 1.03 bits per heavy atom. The third-order valence-electron chi connectivity index (χ3n) is 5.88. The van der Waals surface area contributed by atoms with E-state index in [-0.39, 0.29) is 16.7 Å². The fourth-order valence-electron chi connectivity index (χ4n) is 4.18. The van der Waals surface area contributed by atoms with Crippen LogP contribution in [0.25, 0.3) is 0 Å². The molecule has 1 N–H and O–H groups in total. The van der Waals surface area contributed by atoms with Crippen molar-refractivity contribution in [2.45, 2.75) is 64.3 Å². The van der Waals surface area contributed by atoms with E-state index in [1.807, 2.05) is 32.9 Å². The zero-order valence-corrected chi connectivity index (χ0v) is 20.0. The third-order valence-corrected chi connectivity index (χ3v) is 7.42. The molecule has 168 valence electrons. The van der Waals surface area contributed by atoms with Crippen LogP contribution in [0.3, 0.4) is 0 Å². The van der Waals surface area contributed by atoms with Crippen molar-refractivity contribution in [3.05, 3.63) is 52.6 Å². The Bertz CT molecular complexity index is 1090. The van der Waals surface area contributed by atoms with Gasteiger partial charge in [0.05, 0.1) is 12.0 Å². The molecule has 2 aromatic rings. The van der Waals surface area contributed by atoms with E-state index in [9.17, 15) is 13.2 Å². The molecule has 1 heterocycles. The molecule has 1 fully saturated rings. The second kappa shape index (κ2) is 9.01. The average Bonchev–Trinajstić information content (AvgIpc) is 3.12. The average molecular weight is 445 g/mol. The van der Waals surface area contributed by atoms with Crippen LogP contribution in [0.1, 0.15) is 67.8 Å². The number of carbonyl (C=O) groups is 1. The number of aryl methyl sites for hydroxylation is 2. The third kappa shape index (κ3) is 4.77. The fourth-order valence-corrected chi connectivity index (χ4v) is 5.48. The van der Waals surface area contributed by atoms with E-state index >= 15 is 0 Å². The molecule has 1 amide bonds. The zero-order valence-electron chi connectivity index (χ0n) is 19.2. The molecule has 2 aromatic carbocycles. The van der Waals surface area contributed by atoms with Gasteiger partial charge in [0.2, 0.25) is 15.9 Å². The summed E-state index contributed by atoms with van der Waals surface area (Å²) in [6.07, 6.45) is 1.37. The van der Waals surface area contributed by atoms with Crippen molar-refractivity contribution in [2.24, 2.45) is 0 Å². The molecule has 3 rings (SSSR count). The number of hydrogen-bond donors (Lipinski definition) is 1. The van der Waals surface area contributed by atoms with Gasteiger partial charge in [0, 0.05) is 24.7 Å². The van der Waals surface area contributed by atoms with Crippen LogP contribution in [0.2, 0.25) is 0 Å². The summed E-state index contributed by atoms with van der Waals surface area (Å²) in [6.45, 7) is 10.5. The van der Waals surface area contributed by atoms with E-state index in [2.05, 4.69) is 18.6 Å². The van der Waals surface area contributed by atoms with Crippen LogP contribution >= 0.6 is 0 Å². The number of ether oxygens (including phenoxy) is 1. The lowest BCUT2D eigenvalue weighted by Crippen LogP contribution is -2.28. The first-order valence-corrected chi connectivity index (χ1v) is 12.1. The van der Waals surface area contributed by atoms with Crippen LogP contribution in [0, 0.1) is 13.8 Å². The lowest BCUT2D eigenvalue weighted by Gasteiger charge is -2.22. The molecule has 1 atom stereocenters. The molecule has 1 saturated heterocycles. The first-order valence-electron chi connectivity index (χ1n) is 10.7. The quantitative estimate of drug-likeness (QED) is 0.677. The highest BCUT2D eigenvalue weighted by molar-refractivity contribution is 7.89. The van der Waals surface area contributed by atoms with Crippen molar-refractivity contribution in [3.63, 3.8) is 0 Å². The number of hydrogen-bond acceptors (Lipinski definition) is 4. The topological polar surface area (TPSA) is 75.7 Å². The fraction of sp³-hybridized carbons (Fsp3) is 0.458. The number of nitrogens with zero attached hydrogens (tertiary/aromatic N) is 1. The first kappa shape index (κ1) is 23.3. The zero-order chi connectivity index (χ0) is 22.9. The van der Waals surface area contributed by atoms with E-state index in [0.29, 0.717) is 13.0 Å². The van der Waals surface area contributed by atoms with Crippen LogP contribution in [0.15, 0.2) is 35.2 Å². The predicted octanol–water partition coefficient (Wildman–Crippen LogP) is 4.60. The van der Waals surface area contributed by atoms with E-state index < -0.39 is 16.1 Å². The minimum absolute atomic E-state index is 0.0846. The lowest BCUT2D eigenvalue weighted by molar-refractivity contribution is -0.117. The molecular formula is C24H32N2O4S. The summed E-state index contributed by atoms with van der Waals surface area (Å²) in [5, 5.41) is 0. The molecule has 1 aliphatic heterocycles. The van der Waals surface area contributed by atoms with Gasteiger partial charge in [0.25, 0.3) is 0 Å². The van der Waals surface area contributed by atoms with Crippen molar-refractivity contribution < 1.29 is 17.9 Å². The number of methoxy groups -OCH3 is 1. The largest absolute Gasteiger partial charge is 0.496 e. The van der Waals surface area contributed by atoms with E-state index in [0.717, 1.165) is 40.1 Å². The van der Waals surface area contributed by atoms with Crippen molar-refractivity contribution in [2.75, 3.05) is 18.6 Å². The van der Waals surface area contributed by atoms with Crippen molar-refractivity contribution in [1.82, 2.24) is 4.72 Å². The van der Waals surface area contributed by atoms with Gasteiger partial charge in [0.1, 0.15) is 5.75 Å². The second-order valence-electron chi connectivity index (χ2n) is 8.55. The van der Waals surface area contributed by atoms with Crippen LogP contribution in [0.4, 0.5) is 5.69 Å². The summed E-state index contributed by atoms with van der Waals surface area (Å²) in [7, 11) is -2.09. The van der Waals surface area contributed by atoms with Gasteiger partial charge in [-0.3, -0.25) is 4.79 Å². The minimum Gasteiger partial charge on any atom is -0.496 e. The van der Waals surface area contributed by atoms with Crippen LogP contribution < -0.4 is 14.4 Å². The van der Waals surface area contributed by atoms with Crippen LogP contribution in [0.5, 0.6) is 5.75 Å². The standard InChI is InChI=1S/C24H32N2O4S/c1-15(2)20-14-21(16(3)13-23(20)30-6)18(5)25-31(28,29)19-9-10-22(17(4)12-19)26-11-7-8-24(26)27/h9-10,12-15,18,25H,7-8,11H2,1-6H3/t18-/m0/s1. The van der Waals surface area contributed by atoms with Gasteiger partial charge in [-0.25, -0.2) is 13.1 Å². The predicted molar refractivity (Wildman–Crippen MR) is 123 cm³/mol. The van der Waals surface area contributed by atoms with Crippen molar-refractivity contribution in [1.29, 1.82) is 0 Å². The molecule has 0 unspecified atom stereocenters. The monoisotopic (exact) mass is 444 g/mol. The van der Waals surface area contributed by atoms with Gasteiger partial charge < -0.3 is 9.64 Å². The maximum atomic E-state index is 13.1. The Balaban J connectivity index is 1.88. The summed E-state index contributed by atoms with van der Waals surface area (Å²) >= 11 is 0. The molecule has 31 heavy (non-hydrogen) atoms. The van der Waals surface area contributed by atoms with Gasteiger partial charge in [-0.1, -0.05) is 13.8 Å². The van der Waals surface area contributed by atoms with Crippen LogP contribution in [-0.4, -0.2) is 28.0 Å². The molecule has 0 spiro atoms. The number of carbonyl (C=O) groups excluding carboxylic acids is 1. The summed E-state index contributed by atoms with van der Waals surface area (Å²) in [5.74, 6) is 1.15.